The number of benzene rings is 3. The van der Waals surface area contributed by atoms with E-state index in [1.165, 1.54) is 5.56 Å². The van der Waals surface area contributed by atoms with Crippen LogP contribution in [0, 0.1) is 6.92 Å². The van der Waals surface area contributed by atoms with Crippen LogP contribution in [0.25, 0.3) is 16.9 Å². The van der Waals surface area contributed by atoms with Crippen molar-refractivity contribution in [2.75, 3.05) is 11.9 Å². The number of rotatable bonds is 7. The standard InChI is InChI=1S/C26H25N3O2/c1-3-20-13-15-22(16-14-20)29-17-24(21-10-5-4-6-11-21)28-26(29)31-18-25(30)27-23-12-8-7-9-19(23)2/h4-17H,3,18H2,1-2H3,(H,27,30). The molecular formula is C26H25N3O2. The second kappa shape index (κ2) is 9.30. The van der Waals surface area contributed by atoms with E-state index in [2.05, 4.69) is 29.4 Å². The summed E-state index contributed by atoms with van der Waals surface area (Å²) < 4.78 is 7.74. The fraction of sp³-hybridized carbons (Fsp3) is 0.154. The van der Waals surface area contributed by atoms with E-state index in [0.29, 0.717) is 6.01 Å². The maximum absolute atomic E-state index is 12.5. The molecule has 1 amide bonds. The summed E-state index contributed by atoms with van der Waals surface area (Å²) in [4.78, 5) is 17.1. The molecule has 1 heterocycles. The van der Waals surface area contributed by atoms with Crippen LogP contribution >= 0.6 is 0 Å². The van der Waals surface area contributed by atoms with Crippen molar-refractivity contribution in [2.24, 2.45) is 0 Å². The van der Waals surface area contributed by atoms with Crippen molar-refractivity contribution in [3.05, 3.63) is 96.2 Å². The van der Waals surface area contributed by atoms with Gasteiger partial charge in [-0.1, -0.05) is 67.6 Å². The molecular weight excluding hydrogens is 386 g/mol. The molecule has 0 saturated carbocycles. The third-order valence-corrected chi connectivity index (χ3v) is 5.12. The monoisotopic (exact) mass is 411 g/mol. The second-order valence-corrected chi connectivity index (χ2v) is 7.32. The maximum atomic E-state index is 12.5. The van der Waals surface area contributed by atoms with Crippen LogP contribution in [-0.4, -0.2) is 22.1 Å². The first kappa shape index (κ1) is 20.4. The molecule has 3 aromatic carbocycles. The number of aromatic nitrogens is 2. The summed E-state index contributed by atoms with van der Waals surface area (Å²) in [6.45, 7) is 3.95. The van der Waals surface area contributed by atoms with Gasteiger partial charge in [-0.25, -0.2) is 0 Å². The van der Waals surface area contributed by atoms with Crippen LogP contribution in [0.1, 0.15) is 18.1 Å². The van der Waals surface area contributed by atoms with Crippen LogP contribution in [-0.2, 0) is 11.2 Å². The van der Waals surface area contributed by atoms with Gasteiger partial charge in [0.2, 0.25) is 0 Å². The molecule has 5 heteroatoms. The minimum Gasteiger partial charge on any atom is -0.454 e. The number of aryl methyl sites for hydroxylation is 2. The summed E-state index contributed by atoms with van der Waals surface area (Å²) >= 11 is 0. The fourth-order valence-electron chi connectivity index (χ4n) is 3.32. The molecule has 0 spiro atoms. The predicted molar refractivity (Wildman–Crippen MR) is 124 cm³/mol. The zero-order valence-corrected chi connectivity index (χ0v) is 17.7. The van der Waals surface area contributed by atoms with Crippen molar-refractivity contribution in [3.8, 4) is 23.0 Å². The van der Waals surface area contributed by atoms with Gasteiger partial charge in [0.25, 0.3) is 5.91 Å². The van der Waals surface area contributed by atoms with Crippen LogP contribution in [0.15, 0.2) is 85.1 Å². The summed E-state index contributed by atoms with van der Waals surface area (Å²) in [7, 11) is 0. The third kappa shape index (κ3) is 4.83. The number of nitrogens with zero attached hydrogens (tertiary/aromatic N) is 2. The van der Waals surface area contributed by atoms with E-state index in [9.17, 15) is 4.79 Å². The summed E-state index contributed by atoms with van der Waals surface area (Å²) in [5.74, 6) is -0.230. The first-order valence-corrected chi connectivity index (χ1v) is 10.4. The van der Waals surface area contributed by atoms with E-state index < -0.39 is 0 Å². The van der Waals surface area contributed by atoms with E-state index >= 15 is 0 Å². The van der Waals surface area contributed by atoms with Crippen molar-refractivity contribution < 1.29 is 9.53 Å². The van der Waals surface area contributed by atoms with Crippen molar-refractivity contribution in [3.63, 3.8) is 0 Å². The quantitative estimate of drug-likeness (QED) is 0.441. The number of imidazole rings is 1. The minimum absolute atomic E-state index is 0.132. The Morgan fingerprint density at radius 2 is 1.68 bits per heavy atom. The number of hydrogen-bond acceptors (Lipinski definition) is 3. The van der Waals surface area contributed by atoms with Gasteiger partial charge in [-0.15, -0.1) is 0 Å². The molecule has 0 aliphatic rings. The topological polar surface area (TPSA) is 56.2 Å². The number of carbonyl (C=O) groups excluding carboxylic acids is 1. The number of para-hydroxylation sites is 1. The van der Waals surface area contributed by atoms with Crippen LogP contribution in [0.5, 0.6) is 6.01 Å². The molecule has 0 aliphatic carbocycles. The summed E-state index contributed by atoms with van der Waals surface area (Å²) in [5, 5.41) is 2.89. The highest BCUT2D eigenvalue weighted by molar-refractivity contribution is 5.92. The van der Waals surface area contributed by atoms with E-state index in [0.717, 1.165) is 34.6 Å². The lowest BCUT2D eigenvalue weighted by Gasteiger charge is -2.11. The zero-order chi connectivity index (χ0) is 21.6. The third-order valence-electron chi connectivity index (χ3n) is 5.12. The number of nitrogens with one attached hydrogen (secondary N) is 1. The number of amides is 1. The first-order valence-electron chi connectivity index (χ1n) is 10.4. The Bertz CT molecular complexity index is 1160. The Morgan fingerprint density at radius 1 is 0.968 bits per heavy atom. The molecule has 1 N–H and O–H groups in total. The Morgan fingerprint density at radius 3 is 2.39 bits per heavy atom. The van der Waals surface area contributed by atoms with Gasteiger partial charge in [0.15, 0.2) is 6.61 Å². The zero-order valence-electron chi connectivity index (χ0n) is 17.7. The van der Waals surface area contributed by atoms with Crippen LogP contribution in [0.4, 0.5) is 5.69 Å². The van der Waals surface area contributed by atoms with Crippen molar-refractivity contribution >= 4 is 11.6 Å². The molecule has 31 heavy (non-hydrogen) atoms. The normalized spacial score (nSPS) is 10.6. The number of hydrogen-bond donors (Lipinski definition) is 1. The highest BCUT2D eigenvalue weighted by atomic mass is 16.5. The van der Waals surface area contributed by atoms with Crippen molar-refractivity contribution in [1.29, 1.82) is 0 Å². The fourth-order valence-corrected chi connectivity index (χ4v) is 3.32. The lowest BCUT2D eigenvalue weighted by atomic mass is 10.1. The summed E-state index contributed by atoms with van der Waals surface area (Å²) in [6, 6.07) is 26.2. The molecule has 1 aromatic heterocycles. The first-order chi connectivity index (χ1) is 15.1. The molecule has 4 aromatic rings. The second-order valence-electron chi connectivity index (χ2n) is 7.32. The van der Waals surface area contributed by atoms with Crippen LogP contribution in [0.3, 0.4) is 0 Å². The van der Waals surface area contributed by atoms with Gasteiger partial charge in [0.05, 0.1) is 11.4 Å². The predicted octanol–water partition coefficient (Wildman–Crippen LogP) is 5.43. The minimum atomic E-state index is -0.230. The molecule has 0 aliphatic heterocycles. The SMILES string of the molecule is CCc1ccc(-n2cc(-c3ccccc3)nc2OCC(=O)Nc2ccccc2C)cc1. The molecule has 0 atom stereocenters. The lowest BCUT2D eigenvalue weighted by Crippen LogP contribution is -2.21. The molecule has 5 nitrogen and oxygen atoms in total. The Balaban J connectivity index is 1.58. The smallest absolute Gasteiger partial charge is 0.302 e. The number of ether oxygens (including phenoxy) is 1. The van der Waals surface area contributed by atoms with Gasteiger partial charge in [-0.2, -0.15) is 4.98 Å². The molecule has 0 unspecified atom stereocenters. The van der Waals surface area contributed by atoms with E-state index in [1.807, 2.05) is 84.4 Å². The summed E-state index contributed by atoms with van der Waals surface area (Å²) in [6.07, 6.45) is 2.91. The Kier molecular flexibility index (Phi) is 6.13. The lowest BCUT2D eigenvalue weighted by molar-refractivity contribution is -0.118. The van der Waals surface area contributed by atoms with E-state index in [1.54, 1.807) is 0 Å². The van der Waals surface area contributed by atoms with Gasteiger partial charge < -0.3 is 10.1 Å². The van der Waals surface area contributed by atoms with Gasteiger partial charge in [0.1, 0.15) is 0 Å². The van der Waals surface area contributed by atoms with Gasteiger partial charge in [0, 0.05) is 17.4 Å². The Labute approximate surface area is 182 Å². The molecule has 0 fully saturated rings. The van der Waals surface area contributed by atoms with Gasteiger partial charge in [-0.3, -0.25) is 9.36 Å². The van der Waals surface area contributed by atoms with E-state index in [4.69, 9.17) is 4.74 Å². The van der Waals surface area contributed by atoms with Gasteiger partial charge >= 0.3 is 6.01 Å². The average Bonchev–Trinajstić information content (AvgIpc) is 3.24. The van der Waals surface area contributed by atoms with E-state index in [-0.39, 0.29) is 12.5 Å². The van der Waals surface area contributed by atoms with Crippen molar-refractivity contribution in [2.45, 2.75) is 20.3 Å². The maximum Gasteiger partial charge on any atom is 0.302 e. The average molecular weight is 412 g/mol. The Hall–Kier alpha value is -3.86. The molecule has 0 saturated heterocycles. The van der Waals surface area contributed by atoms with Crippen LogP contribution < -0.4 is 10.1 Å². The molecule has 0 bridgehead atoms. The summed E-state index contributed by atoms with van der Waals surface area (Å²) in [5.41, 5.74) is 5.74. The molecule has 4 rings (SSSR count). The highest BCUT2D eigenvalue weighted by Gasteiger charge is 2.14. The number of anilines is 1. The highest BCUT2D eigenvalue weighted by Crippen LogP contribution is 2.26. The number of carbonyl (C=O) groups is 1. The van der Waals surface area contributed by atoms with Crippen molar-refractivity contribution in [1.82, 2.24) is 9.55 Å². The molecule has 0 radical (unpaired) electrons. The largest absolute Gasteiger partial charge is 0.454 e. The van der Waals surface area contributed by atoms with Gasteiger partial charge in [-0.05, 0) is 42.7 Å². The molecule has 156 valence electrons. The van der Waals surface area contributed by atoms with Crippen LogP contribution in [0.2, 0.25) is 0 Å².